The Morgan fingerprint density at radius 2 is 1.57 bits per heavy atom. The van der Waals surface area contributed by atoms with E-state index in [9.17, 15) is 0 Å². The zero-order valence-corrected chi connectivity index (χ0v) is 14.0. The molecule has 1 atom stereocenters. The summed E-state index contributed by atoms with van der Waals surface area (Å²) in [6.07, 6.45) is 0. The summed E-state index contributed by atoms with van der Waals surface area (Å²) in [5.41, 5.74) is 4.70. The Kier molecular flexibility index (Phi) is 3.55. The fourth-order valence-corrected chi connectivity index (χ4v) is 4.38. The maximum absolute atomic E-state index is 6.27. The molecule has 3 aromatic carbocycles. The summed E-state index contributed by atoms with van der Waals surface area (Å²) in [7, 11) is -1.18. The third-order valence-electron chi connectivity index (χ3n) is 3.97. The standard InChI is InChI=1S/C20H17O2P/c1-14-11-12-18(15(2)13-14)21-23-20-10-6-4-8-17(20)16-7-3-5-9-19(16)22-23/h3-13H,1-2H3. The Hall–Kier alpha value is -2.31. The van der Waals surface area contributed by atoms with Crippen LogP contribution in [-0.2, 0) is 0 Å². The van der Waals surface area contributed by atoms with Crippen molar-refractivity contribution in [3.05, 3.63) is 77.9 Å². The van der Waals surface area contributed by atoms with E-state index in [2.05, 4.69) is 50.2 Å². The fourth-order valence-electron chi connectivity index (χ4n) is 2.83. The van der Waals surface area contributed by atoms with Crippen LogP contribution in [0.1, 0.15) is 11.1 Å². The molecule has 0 bridgehead atoms. The van der Waals surface area contributed by atoms with Crippen molar-refractivity contribution < 1.29 is 9.05 Å². The highest BCUT2D eigenvalue weighted by molar-refractivity contribution is 7.57. The number of rotatable bonds is 2. The molecule has 0 saturated carbocycles. The molecule has 4 rings (SSSR count). The molecule has 0 aliphatic carbocycles. The summed E-state index contributed by atoms with van der Waals surface area (Å²) in [4.78, 5) is 0. The summed E-state index contributed by atoms with van der Waals surface area (Å²) in [5, 5.41) is 1.13. The van der Waals surface area contributed by atoms with Crippen molar-refractivity contribution in [1.29, 1.82) is 0 Å². The molecule has 0 aromatic heterocycles. The minimum Gasteiger partial charge on any atom is -0.435 e. The van der Waals surface area contributed by atoms with Gasteiger partial charge in [-0.25, -0.2) is 0 Å². The molecule has 1 aliphatic heterocycles. The van der Waals surface area contributed by atoms with Gasteiger partial charge in [0.1, 0.15) is 11.5 Å². The first-order chi connectivity index (χ1) is 11.2. The minimum atomic E-state index is -1.18. The van der Waals surface area contributed by atoms with Gasteiger partial charge in [-0.3, -0.25) is 0 Å². The number of aryl methyl sites for hydroxylation is 2. The van der Waals surface area contributed by atoms with Gasteiger partial charge in [0.2, 0.25) is 0 Å². The molecular weight excluding hydrogens is 303 g/mol. The van der Waals surface area contributed by atoms with Crippen LogP contribution >= 0.6 is 8.38 Å². The van der Waals surface area contributed by atoms with Crippen molar-refractivity contribution in [3.63, 3.8) is 0 Å². The quantitative estimate of drug-likeness (QED) is 0.590. The van der Waals surface area contributed by atoms with Crippen LogP contribution < -0.4 is 14.4 Å². The van der Waals surface area contributed by atoms with Crippen molar-refractivity contribution >= 4 is 13.7 Å². The van der Waals surface area contributed by atoms with Crippen LogP contribution in [0, 0.1) is 13.8 Å². The van der Waals surface area contributed by atoms with E-state index in [1.165, 1.54) is 11.1 Å². The number of hydrogen-bond donors (Lipinski definition) is 0. The van der Waals surface area contributed by atoms with Crippen molar-refractivity contribution in [2.45, 2.75) is 13.8 Å². The molecule has 1 heterocycles. The van der Waals surface area contributed by atoms with Crippen molar-refractivity contribution in [2.75, 3.05) is 0 Å². The van der Waals surface area contributed by atoms with Crippen LogP contribution in [0.25, 0.3) is 11.1 Å². The van der Waals surface area contributed by atoms with Crippen LogP contribution in [0.3, 0.4) is 0 Å². The Morgan fingerprint density at radius 3 is 2.39 bits per heavy atom. The Morgan fingerprint density at radius 1 is 0.826 bits per heavy atom. The smallest absolute Gasteiger partial charge is 0.326 e. The summed E-state index contributed by atoms with van der Waals surface area (Å²) in [6.45, 7) is 4.16. The van der Waals surface area contributed by atoms with E-state index in [-0.39, 0.29) is 0 Å². The van der Waals surface area contributed by atoms with E-state index in [1.54, 1.807) is 0 Å². The Labute approximate surface area is 137 Å². The molecule has 2 nitrogen and oxygen atoms in total. The average molecular weight is 320 g/mol. The molecule has 0 radical (unpaired) electrons. The summed E-state index contributed by atoms with van der Waals surface area (Å²) in [5.74, 6) is 1.78. The third-order valence-corrected chi connectivity index (χ3v) is 5.48. The van der Waals surface area contributed by atoms with Gasteiger partial charge in [0.15, 0.2) is 0 Å². The van der Waals surface area contributed by atoms with E-state index in [0.29, 0.717) is 0 Å². The molecule has 0 saturated heterocycles. The van der Waals surface area contributed by atoms with Gasteiger partial charge in [0, 0.05) is 5.56 Å². The monoisotopic (exact) mass is 320 g/mol. The van der Waals surface area contributed by atoms with Gasteiger partial charge in [-0.15, -0.1) is 0 Å². The SMILES string of the molecule is Cc1ccc(OP2Oc3ccccc3-c3ccccc32)c(C)c1. The van der Waals surface area contributed by atoms with Crippen molar-refractivity contribution in [1.82, 2.24) is 0 Å². The van der Waals surface area contributed by atoms with E-state index in [4.69, 9.17) is 9.05 Å². The first-order valence-electron chi connectivity index (χ1n) is 7.64. The van der Waals surface area contributed by atoms with Crippen LogP contribution in [0.2, 0.25) is 0 Å². The van der Waals surface area contributed by atoms with Gasteiger partial charge in [-0.1, -0.05) is 54.1 Å². The fraction of sp³-hybridized carbons (Fsp3) is 0.100. The highest BCUT2D eigenvalue weighted by Gasteiger charge is 2.29. The second kappa shape index (κ2) is 5.72. The van der Waals surface area contributed by atoms with Gasteiger partial charge >= 0.3 is 8.38 Å². The molecule has 0 amide bonds. The largest absolute Gasteiger partial charge is 0.435 e. The number of benzene rings is 3. The minimum absolute atomic E-state index is 0.885. The normalized spacial score (nSPS) is 15.3. The maximum atomic E-state index is 6.27. The summed E-state index contributed by atoms with van der Waals surface area (Å²) >= 11 is 0. The second-order valence-electron chi connectivity index (χ2n) is 5.72. The second-order valence-corrected chi connectivity index (χ2v) is 7.08. The average Bonchev–Trinajstić information content (AvgIpc) is 2.57. The Bertz CT molecular complexity index is 873. The Balaban J connectivity index is 1.76. The van der Waals surface area contributed by atoms with Crippen LogP contribution in [-0.4, -0.2) is 0 Å². The molecule has 1 aliphatic rings. The first kappa shape index (κ1) is 14.3. The number of fused-ring (bicyclic) bond motifs is 3. The van der Waals surface area contributed by atoms with E-state index in [0.717, 1.165) is 27.9 Å². The molecule has 3 aromatic rings. The highest BCUT2D eigenvalue weighted by Crippen LogP contribution is 2.49. The van der Waals surface area contributed by atoms with Crippen molar-refractivity contribution in [2.24, 2.45) is 0 Å². The first-order valence-corrected chi connectivity index (χ1v) is 8.82. The molecule has 114 valence electrons. The lowest BCUT2D eigenvalue weighted by Gasteiger charge is -2.27. The van der Waals surface area contributed by atoms with E-state index in [1.807, 2.05) is 30.3 Å². The molecule has 0 spiro atoms. The number of hydrogen-bond acceptors (Lipinski definition) is 2. The van der Waals surface area contributed by atoms with Crippen LogP contribution in [0.4, 0.5) is 0 Å². The topological polar surface area (TPSA) is 18.5 Å². The predicted octanol–water partition coefficient (Wildman–Crippen LogP) is 5.38. The molecule has 1 unspecified atom stereocenters. The molecule has 0 fully saturated rings. The van der Waals surface area contributed by atoms with E-state index >= 15 is 0 Å². The zero-order valence-electron chi connectivity index (χ0n) is 13.1. The van der Waals surface area contributed by atoms with Gasteiger partial charge in [-0.2, -0.15) is 0 Å². The van der Waals surface area contributed by atoms with Crippen LogP contribution in [0.5, 0.6) is 11.5 Å². The molecule has 3 heteroatoms. The zero-order chi connectivity index (χ0) is 15.8. The lowest BCUT2D eigenvalue weighted by atomic mass is 10.0. The van der Waals surface area contributed by atoms with Gasteiger partial charge < -0.3 is 9.05 Å². The molecular formula is C20H17O2P. The van der Waals surface area contributed by atoms with Crippen molar-refractivity contribution in [3.8, 4) is 22.6 Å². The summed E-state index contributed by atoms with van der Waals surface area (Å²) in [6, 6.07) is 22.7. The highest BCUT2D eigenvalue weighted by atomic mass is 31.2. The van der Waals surface area contributed by atoms with Gasteiger partial charge in [-0.05, 0) is 43.2 Å². The van der Waals surface area contributed by atoms with E-state index < -0.39 is 8.38 Å². The molecule has 0 N–H and O–H groups in total. The van der Waals surface area contributed by atoms with Gasteiger partial charge in [0.05, 0.1) is 5.30 Å². The van der Waals surface area contributed by atoms with Gasteiger partial charge in [0.25, 0.3) is 0 Å². The lowest BCUT2D eigenvalue weighted by molar-refractivity contribution is 0.498. The molecule has 23 heavy (non-hydrogen) atoms. The van der Waals surface area contributed by atoms with Crippen LogP contribution in [0.15, 0.2) is 66.7 Å². The predicted molar refractivity (Wildman–Crippen MR) is 95.6 cm³/mol. The third kappa shape index (κ3) is 2.60. The lowest BCUT2D eigenvalue weighted by Crippen LogP contribution is -2.17. The maximum Gasteiger partial charge on any atom is 0.326 e. The number of para-hydroxylation sites is 1. The summed E-state index contributed by atoms with van der Waals surface area (Å²) < 4.78 is 12.5.